The van der Waals surface area contributed by atoms with Crippen LogP contribution in [0.2, 0.25) is 0 Å². The number of furan rings is 1. The van der Waals surface area contributed by atoms with E-state index in [1.807, 2.05) is 74.5 Å². The Hall–Kier alpha value is -5.31. The molecule has 0 saturated heterocycles. The van der Waals surface area contributed by atoms with Crippen LogP contribution in [0, 0.1) is 10.7 Å². The van der Waals surface area contributed by atoms with Gasteiger partial charge in [0.05, 0.1) is 16.0 Å². The predicted octanol–water partition coefficient (Wildman–Crippen LogP) is 5.15. The molecule has 208 valence electrons. The summed E-state index contributed by atoms with van der Waals surface area (Å²) in [4.78, 5) is 34.3. The number of carbonyl (C=O) groups excluding carboxylic acids is 2. The molecule has 1 heterocycles. The molecule has 0 atom stereocenters. The molecule has 0 aliphatic heterocycles. The summed E-state index contributed by atoms with van der Waals surface area (Å²) in [5.41, 5.74) is 4.13. The number of rotatable bonds is 6. The lowest BCUT2D eigenvalue weighted by Gasteiger charge is -2.27. The summed E-state index contributed by atoms with van der Waals surface area (Å²) in [5, 5.41) is 13.7. The predicted molar refractivity (Wildman–Crippen MR) is 153 cm³/mol. The van der Waals surface area contributed by atoms with Gasteiger partial charge in [0.25, 0.3) is 11.8 Å². The number of halogens is 1. The lowest BCUT2D eigenvalue weighted by atomic mass is 9.93. The van der Waals surface area contributed by atoms with Gasteiger partial charge in [-0.1, -0.05) is 48.5 Å². The second-order valence-electron chi connectivity index (χ2n) is 9.72. The molecule has 4 aromatic carbocycles. The zero-order valence-corrected chi connectivity index (χ0v) is 22.7. The van der Waals surface area contributed by atoms with E-state index in [1.165, 1.54) is 12.1 Å². The maximum absolute atomic E-state index is 13.5. The second kappa shape index (κ2) is 12.3. The van der Waals surface area contributed by atoms with E-state index in [9.17, 15) is 14.0 Å². The van der Waals surface area contributed by atoms with Gasteiger partial charge in [0.2, 0.25) is 0 Å². The number of benzene rings is 4. The molecule has 41 heavy (non-hydrogen) atoms. The first-order chi connectivity index (χ1) is 19.7. The summed E-state index contributed by atoms with van der Waals surface area (Å²) in [7, 11) is 1.55. The summed E-state index contributed by atoms with van der Waals surface area (Å²) in [5.74, 6) is -0.497. The lowest BCUT2D eigenvalue weighted by molar-refractivity contribution is -0.755. The van der Waals surface area contributed by atoms with E-state index in [1.54, 1.807) is 31.3 Å². The van der Waals surface area contributed by atoms with Crippen molar-refractivity contribution >= 4 is 22.8 Å². The van der Waals surface area contributed by atoms with Crippen molar-refractivity contribution in [1.82, 2.24) is 10.6 Å². The number of nitrogens with one attached hydrogen (secondary N) is 3. The first kappa shape index (κ1) is 28.7. The molecule has 5 rings (SSSR count). The quantitative estimate of drug-likeness (QED) is 0.216. The molecule has 0 saturated carbocycles. The van der Waals surface area contributed by atoms with Crippen molar-refractivity contribution in [2.24, 2.45) is 0 Å². The molecule has 0 fully saturated rings. The zero-order chi connectivity index (χ0) is 29.6. The normalized spacial score (nSPS) is 10.8. The molecule has 0 unspecified atom stereocenters. The highest BCUT2D eigenvalue weighted by atomic mass is 19.1. The highest BCUT2D eigenvalue weighted by molar-refractivity contribution is 6.11. The van der Waals surface area contributed by atoms with Gasteiger partial charge in [-0.2, -0.15) is 0 Å². The molecule has 0 aliphatic carbocycles. The summed E-state index contributed by atoms with van der Waals surface area (Å²) < 4.78 is 19.6. The van der Waals surface area contributed by atoms with Crippen LogP contribution in [0.1, 0.15) is 40.1 Å². The zero-order valence-electron chi connectivity index (χ0n) is 22.7. The largest absolute Gasteiger partial charge is 0.455 e. The van der Waals surface area contributed by atoms with Gasteiger partial charge in [-0.25, -0.2) is 9.60 Å². The fraction of sp³-hybridized carbons (Fsp3) is 0.125. The Bertz CT molecular complexity index is 1700. The number of hydrogen-bond donors (Lipinski definition) is 4. The number of carbonyl (C=O) groups is 2. The van der Waals surface area contributed by atoms with E-state index in [0.29, 0.717) is 38.8 Å². The Morgan fingerprint density at radius 2 is 1.46 bits per heavy atom. The van der Waals surface area contributed by atoms with E-state index in [-0.39, 0.29) is 17.6 Å². The minimum atomic E-state index is -0.552. The summed E-state index contributed by atoms with van der Waals surface area (Å²) in [6.45, 7) is 3.94. The van der Waals surface area contributed by atoms with Crippen molar-refractivity contribution in [3.05, 3.63) is 124 Å². The topological polar surface area (TPSA) is 123 Å². The maximum Gasteiger partial charge on any atom is 0.255 e. The van der Waals surface area contributed by atoms with Gasteiger partial charge in [0.15, 0.2) is 5.34 Å². The monoisotopic (exact) mass is 554 g/mol. The Morgan fingerprint density at radius 3 is 2.12 bits per heavy atom. The van der Waals surface area contributed by atoms with Crippen LogP contribution in [0.15, 0.2) is 101 Å². The van der Waals surface area contributed by atoms with E-state index >= 15 is 0 Å². The highest BCUT2D eigenvalue weighted by Gasteiger charge is 2.24. The smallest absolute Gasteiger partial charge is 0.255 e. The van der Waals surface area contributed by atoms with Gasteiger partial charge in [0.1, 0.15) is 17.2 Å². The third-order valence-corrected chi connectivity index (χ3v) is 6.63. The average molecular weight is 555 g/mol. The Morgan fingerprint density at radius 1 is 0.829 bits per heavy atom. The minimum absolute atomic E-state index is 0.185. The molecule has 2 amide bonds. The van der Waals surface area contributed by atoms with Gasteiger partial charge in [-0.3, -0.25) is 9.59 Å². The SMILES string of the molecule is CNC(=O)c1c(-c2ccc(F)cc2)oc2ccc(-c3cccc(C(=O)NC(C)(C)c4ccccc4)c3)cc12.O=[NH+]O. The first-order valence-corrected chi connectivity index (χ1v) is 12.7. The van der Waals surface area contributed by atoms with Crippen LogP contribution in [-0.2, 0) is 5.54 Å². The molecular weight excluding hydrogens is 525 g/mol. The van der Waals surface area contributed by atoms with Crippen LogP contribution in [0.25, 0.3) is 33.4 Å². The van der Waals surface area contributed by atoms with Crippen LogP contribution in [-0.4, -0.2) is 24.1 Å². The third-order valence-electron chi connectivity index (χ3n) is 6.63. The van der Waals surface area contributed by atoms with Gasteiger partial charge in [-0.05, 0) is 79.1 Å². The van der Waals surface area contributed by atoms with Crippen molar-refractivity contribution in [3.8, 4) is 22.5 Å². The molecule has 4 N–H and O–H groups in total. The van der Waals surface area contributed by atoms with Crippen LogP contribution in [0.3, 0.4) is 0 Å². The van der Waals surface area contributed by atoms with Gasteiger partial charge >= 0.3 is 0 Å². The van der Waals surface area contributed by atoms with Gasteiger partial charge < -0.3 is 15.1 Å². The highest BCUT2D eigenvalue weighted by Crippen LogP contribution is 2.36. The Kier molecular flexibility index (Phi) is 8.57. The second-order valence-corrected chi connectivity index (χ2v) is 9.72. The summed E-state index contributed by atoms with van der Waals surface area (Å²) >= 11 is 0. The van der Waals surface area contributed by atoms with Crippen molar-refractivity contribution in [1.29, 1.82) is 0 Å². The molecule has 1 aromatic heterocycles. The van der Waals surface area contributed by atoms with Crippen LogP contribution in [0.5, 0.6) is 0 Å². The van der Waals surface area contributed by atoms with E-state index < -0.39 is 5.54 Å². The molecule has 8 nitrogen and oxygen atoms in total. The standard InChI is InChI=1S/C32H27FN2O3.HNO2/c1-32(2,24-10-5-4-6-11-24)35-30(36)23-9-7-8-21(18-23)22-14-17-27-26(19-22)28(31(37)34-3)29(38-27)20-12-15-25(33)16-13-20;2-1-3/h4-19H,1-3H3,(H,34,37)(H,35,36);1H/p+1. The summed E-state index contributed by atoms with van der Waals surface area (Å²) in [6.07, 6.45) is 0. The fourth-order valence-electron chi connectivity index (χ4n) is 4.56. The molecule has 0 aliphatic rings. The molecule has 0 radical (unpaired) electrons. The van der Waals surface area contributed by atoms with Crippen LogP contribution < -0.4 is 16.0 Å². The van der Waals surface area contributed by atoms with Crippen molar-refractivity contribution in [2.45, 2.75) is 19.4 Å². The summed E-state index contributed by atoms with van der Waals surface area (Å²) in [6, 6.07) is 28.6. The first-order valence-electron chi connectivity index (χ1n) is 12.7. The molecule has 5 aromatic rings. The van der Waals surface area contributed by atoms with Crippen molar-refractivity contribution < 1.29 is 28.9 Å². The maximum atomic E-state index is 13.5. The van der Waals surface area contributed by atoms with Crippen molar-refractivity contribution in [3.63, 3.8) is 0 Å². The fourth-order valence-corrected chi connectivity index (χ4v) is 4.56. The van der Waals surface area contributed by atoms with Gasteiger partial charge in [0, 0.05) is 23.6 Å². The molecule has 9 heteroatoms. The van der Waals surface area contributed by atoms with Gasteiger partial charge in [-0.15, -0.1) is 0 Å². The average Bonchev–Trinajstić information content (AvgIpc) is 3.36. The molecular formula is C32H29FN3O5+. The minimum Gasteiger partial charge on any atom is -0.455 e. The van der Waals surface area contributed by atoms with Crippen molar-refractivity contribution in [2.75, 3.05) is 7.05 Å². The van der Waals surface area contributed by atoms with Crippen LogP contribution >= 0.6 is 0 Å². The molecule has 0 spiro atoms. The Labute approximate surface area is 235 Å². The van der Waals surface area contributed by atoms with Crippen LogP contribution in [0.4, 0.5) is 4.39 Å². The Balaban J connectivity index is 0.00000124. The third kappa shape index (κ3) is 6.30. The van der Waals surface area contributed by atoms with E-state index in [4.69, 9.17) is 14.5 Å². The number of amides is 2. The lowest BCUT2D eigenvalue weighted by Crippen LogP contribution is -2.58. The number of fused-ring (bicyclic) bond motifs is 1. The molecule has 0 bridgehead atoms. The van der Waals surface area contributed by atoms with E-state index in [2.05, 4.69) is 10.6 Å². The van der Waals surface area contributed by atoms with E-state index in [0.717, 1.165) is 16.7 Å². The number of hydrogen-bond acceptors (Lipinski definition) is 4.